The van der Waals surface area contributed by atoms with E-state index >= 15 is 0 Å². The van der Waals surface area contributed by atoms with Crippen LogP contribution in [0.25, 0.3) is 11.0 Å². The van der Waals surface area contributed by atoms with Gasteiger partial charge < -0.3 is 19.4 Å². The van der Waals surface area contributed by atoms with Gasteiger partial charge in [0.1, 0.15) is 17.3 Å². The summed E-state index contributed by atoms with van der Waals surface area (Å²) in [5.74, 6) is 1.77. The minimum Gasteiger partial charge on any atom is -0.333 e. The number of hydrogen-bond acceptors (Lipinski definition) is 4. The van der Waals surface area contributed by atoms with E-state index in [4.69, 9.17) is 0 Å². The van der Waals surface area contributed by atoms with Crippen molar-refractivity contribution in [1.82, 2.24) is 29.3 Å². The van der Waals surface area contributed by atoms with Crippen LogP contribution in [0.4, 0.5) is 0 Å². The van der Waals surface area contributed by atoms with Gasteiger partial charge in [0.15, 0.2) is 0 Å². The summed E-state index contributed by atoms with van der Waals surface area (Å²) in [6.45, 7) is 3.12. The van der Waals surface area contributed by atoms with Crippen molar-refractivity contribution >= 4 is 16.9 Å². The lowest BCUT2D eigenvalue weighted by Gasteiger charge is -2.15. The summed E-state index contributed by atoms with van der Waals surface area (Å²) in [7, 11) is 3.78. The van der Waals surface area contributed by atoms with Crippen molar-refractivity contribution in [2.24, 2.45) is 7.05 Å². The average molecular weight is 338 g/mol. The van der Waals surface area contributed by atoms with Crippen LogP contribution in [0.3, 0.4) is 0 Å². The van der Waals surface area contributed by atoms with Gasteiger partial charge in [0.25, 0.3) is 5.91 Å². The first kappa shape index (κ1) is 15.8. The van der Waals surface area contributed by atoms with Crippen molar-refractivity contribution in [1.29, 1.82) is 0 Å². The number of hydrogen-bond donors (Lipinski definition) is 1. The van der Waals surface area contributed by atoms with E-state index in [-0.39, 0.29) is 5.91 Å². The molecule has 1 aliphatic heterocycles. The van der Waals surface area contributed by atoms with Gasteiger partial charge in [-0.25, -0.2) is 9.97 Å². The number of amides is 1. The molecule has 130 valence electrons. The van der Waals surface area contributed by atoms with Gasteiger partial charge in [-0.3, -0.25) is 4.79 Å². The Morgan fingerprint density at radius 1 is 1.28 bits per heavy atom. The quantitative estimate of drug-likeness (QED) is 0.779. The summed E-state index contributed by atoms with van der Waals surface area (Å²) in [4.78, 5) is 23.6. The molecular formula is C18H22N6O. The van der Waals surface area contributed by atoms with Crippen LogP contribution in [0.1, 0.15) is 22.1 Å². The molecule has 1 amide bonds. The lowest BCUT2D eigenvalue weighted by atomic mass is 10.3. The monoisotopic (exact) mass is 338 g/mol. The predicted octanol–water partition coefficient (Wildman–Crippen LogP) is 1.19. The maximum atomic E-state index is 12.8. The minimum absolute atomic E-state index is 0.0689. The predicted molar refractivity (Wildman–Crippen MR) is 95.3 cm³/mol. The largest absolute Gasteiger partial charge is 0.333 e. The van der Waals surface area contributed by atoms with E-state index in [0.29, 0.717) is 12.2 Å². The minimum atomic E-state index is -0.0689. The van der Waals surface area contributed by atoms with Crippen LogP contribution in [0.5, 0.6) is 0 Å². The molecule has 1 aromatic carbocycles. The van der Waals surface area contributed by atoms with E-state index in [0.717, 1.165) is 48.7 Å². The molecule has 0 saturated carbocycles. The number of para-hydroxylation sites is 2. The van der Waals surface area contributed by atoms with Crippen molar-refractivity contribution in [2.45, 2.75) is 19.5 Å². The summed E-state index contributed by atoms with van der Waals surface area (Å²) in [6, 6.07) is 7.99. The Labute approximate surface area is 146 Å². The highest BCUT2D eigenvalue weighted by Crippen LogP contribution is 2.16. The van der Waals surface area contributed by atoms with Crippen molar-refractivity contribution in [2.75, 3.05) is 20.1 Å². The summed E-state index contributed by atoms with van der Waals surface area (Å²) >= 11 is 0. The maximum Gasteiger partial charge on any atom is 0.274 e. The molecule has 0 aliphatic carbocycles. The Bertz CT molecular complexity index is 901. The normalized spacial score (nSPS) is 14.3. The number of nitrogens with zero attached hydrogens (tertiary/aromatic N) is 5. The number of aryl methyl sites for hydroxylation is 1. The smallest absolute Gasteiger partial charge is 0.274 e. The van der Waals surface area contributed by atoms with Gasteiger partial charge in [0, 0.05) is 46.3 Å². The van der Waals surface area contributed by atoms with Crippen LogP contribution in [-0.2, 0) is 26.6 Å². The second kappa shape index (κ2) is 6.33. The van der Waals surface area contributed by atoms with E-state index in [1.54, 1.807) is 11.9 Å². The highest BCUT2D eigenvalue weighted by Gasteiger charge is 2.20. The highest BCUT2D eigenvalue weighted by atomic mass is 16.2. The number of fused-ring (bicyclic) bond motifs is 2. The number of benzene rings is 1. The van der Waals surface area contributed by atoms with Crippen LogP contribution in [0.2, 0.25) is 0 Å². The molecule has 0 atom stereocenters. The molecular weight excluding hydrogens is 316 g/mol. The first-order valence-corrected chi connectivity index (χ1v) is 8.56. The van der Waals surface area contributed by atoms with Crippen LogP contribution >= 0.6 is 0 Å². The molecule has 3 aromatic rings. The van der Waals surface area contributed by atoms with E-state index in [1.807, 2.05) is 42.1 Å². The maximum absolute atomic E-state index is 12.8. The SMILES string of the molecule is CN(Cc1nc2ccccc2n1C)C(=O)c1cn2c(n1)CCNCC2. The zero-order chi connectivity index (χ0) is 17.4. The lowest BCUT2D eigenvalue weighted by molar-refractivity contribution is 0.0775. The number of aromatic nitrogens is 4. The average Bonchev–Trinajstić information content (AvgIpc) is 3.08. The molecule has 25 heavy (non-hydrogen) atoms. The molecule has 0 radical (unpaired) electrons. The first-order valence-electron chi connectivity index (χ1n) is 8.56. The Morgan fingerprint density at radius 2 is 2.12 bits per heavy atom. The third-order valence-corrected chi connectivity index (χ3v) is 4.74. The molecule has 3 heterocycles. The van der Waals surface area contributed by atoms with Gasteiger partial charge in [-0.15, -0.1) is 0 Å². The summed E-state index contributed by atoms with van der Waals surface area (Å²) in [5, 5.41) is 3.34. The number of rotatable bonds is 3. The van der Waals surface area contributed by atoms with Gasteiger partial charge in [-0.05, 0) is 12.1 Å². The summed E-state index contributed by atoms with van der Waals surface area (Å²) in [5.41, 5.74) is 2.53. The Hall–Kier alpha value is -2.67. The fourth-order valence-corrected chi connectivity index (χ4v) is 3.29. The zero-order valence-corrected chi connectivity index (χ0v) is 14.6. The van der Waals surface area contributed by atoms with Gasteiger partial charge in [-0.2, -0.15) is 0 Å². The lowest BCUT2D eigenvalue weighted by Crippen LogP contribution is -2.28. The Balaban J connectivity index is 1.55. The Morgan fingerprint density at radius 3 is 2.96 bits per heavy atom. The number of imidazole rings is 2. The molecule has 7 heteroatoms. The van der Waals surface area contributed by atoms with Crippen LogP contribution in [0, 0.1) is 0 Å². The van der Waals surface area contributed by atoms with Crippen molar-refractivity contribution in [3.63, 3.8) is 0 Å². The van der Waals surface area contributed by atoms with E-state index in [9.17, 15) is 4.79 Å². The third-order valence-electron chi connectivity index (χ3n) is 4.74. The van der Waals surface area contributed by atoms with Crippen molar-refractivity contribution in [3.05, 3.63) is 47.8 Å². The molecule has 0 saturated heterocycles. The summed E-state index contributed by atoms with van der Waals surface area (Å²) < 4.78 is 4.11. The van der Waals surface area contributed by atoms with Gasteiger partial charge in [-0.1, -0.05) is 12.1 Å². The van der Waals surface area contributed by atoms with Gasteiger partial charge in [0.05, 0.1) is 17.6 Å². The standard InChI is InChI=1S/C18H22N6O/c1-22(12-17-20-13-5-3-4-6-15(13)23(17)2)18(25)14-11-24-10-9-19-8-7-16(24)21-14/h3-6,11,19H,7-10,12H2,1-2H3. The van der Waals surface area contributed by atoms with E-state index < -0.39 is 0 Å². The molecule has 2 aromatic heterocycles. The molecule has 1 aliphatic rings. The second-order valence-corrected chi connectivity index (χ2v) is 6.47. The van der Waals surface area contributed by atoms with E-state index in [2.05, 4.69) is 19.9 Å². The molecule has 0 spiro atoms. The van der Waals surface area contributed by atoms with Crippen LogP contribution < -0.4 is 5.32 Å². The fraction of sp³-hybridized carbons (Fsp3) is 0.389. The Kier molecular flexibility index (Phi) is 4.01. The third kappa shape index (κ3) is 2.91. The number of nitrogens with one attached hydrogen (secondary N) is 1. The highest BCUT2D eigenvalue weighted by molar-refractivity contribution is 5.92. The molecule has 1 N–H and O–H groups in total. The molecule has 7 nitrogen and oxygen atoms in total. The molecule has 0 fully saturated rings. The fourth-order valence-electron chi connectivity index (χ4n) is 3.29. The van der Waals surface area contributed by atoms with Crippen molar-refractivity contribution < 1.29 is 4.79 Å². The van der Waals surface area contributed by atoms with Crippen LogP contribution in [0.15, 0.2) is 30.5 Å². The summed E-state index contributed by atoms with van der Waals surface area (Å²) in [6.07, 6.45) is 2.72. The number of carbonyl (C=O) groups is 1. The molecule has 0 unspecified atom stereocenters. The number of carbonyl (C=O) groups excluding carboxylic acids is 1. The van der Waals surface area contributed by atoms with Gasteiger partial charge in [0.2, 0.25) is 0 Å². The van der Waals surface area contributed by atoms with Gasteiger partial charge >= 0.3 is 0 Å². The molecule has 4 rings (SSSR count). The van der Waals surface area contributed by atoms with E-state index in [1.165, 1.54) is 0 Å². The second-order valence-electron chi connectivity index (χ2n) is 6.47. The zero-order valence-electron chi connectivity index (χ0n) is 14.6. The first-order chi connectivity index (χ1) is 12.1. The van der Waals surface area contributed by atoms with Crippen LogP contribution in [-0.4, -0.2) is 50.0 Å². The molecule has 0 bridgehead atoms. The topological polar surface area (TPSA) is 68.0 Å². The van der Waals surface area contributed by atoms with Crippen molar-refractivity contribution in [3.8, 4) is 0 Å².